The Kier molecular flexibility index (Phi) is 4.62. The number of ether oxygens (including phenoxy) is 1. The van der Waals surface area contributed by atoms with E-state index in [1.807, 2.05) is 31.2 Å². The summed E-state index contributed by atoms with van der Waals surface area (Å²) in [5, 5.41) is 2.83. The minimum absolute atomic E-state index is 0.114. The zero-order valence-electron chi connectivity index (χ0n) is 14.2. The van der Waals surface area contributed by atoms with Gasteiger partial charge in [-0.2, -0.15) is 0 Å². The maximum absolute atomic E-state index is 12.2. The van der Waals surface area contributed by atoms with Crippen molar-refractivity contribution >= 4 is 16.9 Å². The quantitative estimate of drug-likeness (QED) is 0.734. The molecule has 0 atom stereocenters. The van der Waals surface area contributed by atoms with Crippen molar-refractivity contribution in [3.05, 3.63) is 59.4 Å². The molecule has 124 valence electrons. The molecule has 0 unspecified atom stereocenters. The number of nitrogens with zero attached hydrogens (tertiary/aromatic N) is 2. The van der Waals surface area contributed by atoms with Gasteiger partial charge in [0.05, 0.1) is 17.6 Å². The molecule has 0 aliphatic carbocycles. The Hall–Kier alpha value is -2.66. The van der Waals surface area contributed by atoms with E-state index in [2.05, 4.69) is 40.0 Å². The third kappa shape index (κ3) is 3.16. The molecule has 0 fully saturated rings. The molecule has 0 bridgehead atoms. The van der Waals surface area contributed by atoms with Gasteiger partial charge in [-0.15, -0.1) is 0 Å². The van der Waals surface area contributed by atoms with Crippen LogP contribution in [0.25, 0.3) is 16.7 Å². The molecule has 1 amide bonds. The molecule has 2 aromatic carbocycles. The van der Waals surface area contributed by atoms with Gasteiger partial charge in [0.2, 0.25) is 0 Å². The molecule has 3 rings (SSSR count). The first-order valence-electron chi connectivity index (χ1n) is 7.93. The number of aromatic nitrogens is 2. The number of carbonyl (C=O) groups excluding carboxylic acids is 1. The summed E-state index contributed by atoms with van der Waals surface area (Å²) >= 11 is 0. The fourth-order valence-electron chi connectivity index (χ4n) is 2.80. The molecule has 0 saturated heterocycles. The maximum atomic E-state index is 12.2. The molecule has 24 heavy (non-hydrogen) atoms. The van der Waals surface area contributed by atoms with Gasteiger partial charge in [0.15, 0.2) is 0 Å². The van der Waals surface area contributed by atoms with Gasteiger partial charge in [-0.3, -0.25) is 9.36 Å². The van der Waals surface area contributed by atoms with E-state index in [0.717, 1.165) is 22.5 Å². The smallest absolute Gasteiger partial charge is 0.251 e. The highest BCUT2D eigenvalue weighted by Crippen LogP contribution is 2.23. The molecular weight excluding hydrogens is 302 g/mol. The first kappa shape index (κ1) is 16.2. The number of carbonyl (C=O) groups is 1. The van der Waals surface area contributed by atoms with Crippen LogP contribution in [0.5, 0.6) is 0 Å². The van der Waals surface area contributed by atoms with E-state index in [-0.39, 0.29) is 5.91 Å². The van der Waals surface area contributed by atoms with Crippen LogP contribution >= 0.6 is 0 Å². The van der Waals surface area contributed by atoms with Crippen LogP contribution < -0.4 is 5.32 Å². The summed E-state index contributed by atoms with van der Waals surface area (Å²) in [7, 11) is 1.61. The van der Waals surface area contributed by atoms with E-state index in [1.54, 1.807) is 7.11 Å². The Morgan fingerprint density at radius 3 is 2.79 bits per heavy atom. The Morgan fingerprint density at radius 1 is 1.21 bits per heavy atom. The van der Waals surface area contributed by atoms with E-state index in [0.29, 0.717) is 18.7 Å². The zero-order chi connectivity index (χ0) is 17.1. The molecule has 0 spiro atoms. The van der Waals surface area contributed by atoms with Gasteiger partial charge in [-0.25, -0.2) is 4.98 Å². The molecular formula is C19H21N3O2. The van der Waals surface area contributed by atoms with Crippen molar-refractivity contribution in [3.8, 4) is 5.69 Å². The number of hydrogen-bond acceptors (Lipinski definition) is 3. The van der Waals surface area contributed by atoms with E-state index in [9.17, 15) is 4.79 Å². The molecule has 1 aromatic heterocycles. The monoisotopic (exact) mass is 323 g/mol. The number of benzene rings is 2. The number of amides is 1. The van der Waals surface area contributed by atoms with Gasteiger partial charge in [-0.05, 0) is 49.7 Å². The van der Waals surface area contributed by atoms with Gasteiger partial charge in [0.1, 0.15) is 5.82 Å². The lowest BCUT2D eigenvalue weighted by molar-refractivity contribution is 0.0937. The summed E-state index contributed by atoms with van der Waals surface area (Å²) in [5.41, 5.74) is 4.68. The van der Waals surface area contributed by atoms with Crippen LogP contribution in [-0.2, 0) is 4.74 Å². The zero-order valence-corrected chi connectivity index (χ0v) is 14.2. The standard InChI is InChI=1S/C19H21N3O2/c1-13-5-4-6-16(11-13)22-14(2)21-17-12-15(7-8-18(17)22)19(23)20-9-10-24-3/h4-8,11-12H,9-10H2,1-3H3,(H,20,23). The number of aryl methyl sites for hydroxylation is 2. The summed E-state index contributed by atoms with van der Waals surface area (Å²) in [6.07, 6.45) is 0. The molecule has 1 N–H and O–H groups in total. The van der Waals surface area contributed by atoms with Crippen molar-refractivity contribution in [2.45, 2.75) is 13.8 Å². The Balaban J connectivity index is 1.97. The van der Waals surface area contributed by atoms with Crippen molar-refractivity contribution in [2.24, 2.45) is 0 Å². The molecule has 0 aliphatic rings. The highest BCUT2D eigenvalue weighted by Gasteiger charge is 2.12. The van der Waals surface area contributed by atoms with E-state index in [4.69, 9.17) is 4.74 Å². The van der Waals surface area contributed by atoms with Crippen LogP contribution in [0.2, 0.25) is 0 Å². The lowest BCUT2D eigenvalue weighted by Crippen LogP contribution is -2.26. The molecule has 0 radical (unpaired) electrons. The van der Waals surface area contributed by atoms with Gasteiger partial charge >= 0.3 is 0 Å². The van der Waals surface area contributed by atoms with Crippen LogP contribution in [0.1, 0.15) is 21.7 Å². The molecule has 5 nitrogen and oxygen atoms in total. The van der Waals surface area contributed by atoms with Gasteiger partial charge in [0.25, 0.3) is 5.91 Å². The molecule has 3 aromatic rings. The normalized spacial score (nSPS) is 11.0. The minimum atomic E-state index is -0.114. The predicted octanol–water partition coefficient (Wildman–Crippen LogP) is 3.02. The Morgan fingerprint density at radius 2 is 2.04 bits per heavy atom. The minimum Gasteiger partial charge on any atom is -0.383 e. The summed E-state index contributed by atoms with van der Waals surface area (Å²) in [6.45, 7) is 5.03. The summed E-state index contributed by atoms with van der Waals surface area (Å²) in [6, 6.07) is 13.9. The van der Waals surface area contributed by atoms with Gasteiger partial charge in [-0.1, -0.05) is 12.1 Å². The van der Waals surface area contributed by atoms with Crippen LogP contribution in [0, 0.1) is 13.8 Å². The lowest BCUT2D eigenvalue weighted by Gasteiger charge is -2.08. The average molecular weight is 323 g/mol. The number of hydrogen-bond donors (Lipinski definition) is 1. The Labute approximate surface area is 141 Å². The van der Waals surface area contributed by atoms with Crippen LogP contribution in [0.15, 0.2) is 42.5 Å². The second kappa shape index (κ2) is 6.84. The number of imidazole rings is 1. The number of methoxy groups -OCH3 is 1. The molecule has 1 heterocycles. The van der Waals surface area contributed by atoms with Crippen molar-refractivity contribution in [1.29, 1.82) is 0 Å². The summed E-state index contributed by atoms with van der Waals surface area (Å²) in [5.74, 6) is 0.782. The molecule has 0 saturated carbocycles. The summed E-state index contributed by atoms with van der Waals surface area (Å²) in [4.78, 5) is 16.8. The topological polar surface area (TPSA) is 56.1 Å². The van der Waals surface area contributed by atoms with Crippen molar-refractivity contribution in [3.63, 3.8) is 0 Å². The third-order valence-electron chi connectivity index (χ3n) is 3.94. The van der Waals surface area contributed by atoms with E-state index in [1.165, 1.54) is 5.56 Å². The van der Waals surface area contributed by atoms with Crippen molar-refractivity contribution < 1.29 is 9.53 Å². The molecule has 5 heteroatoms. The predicted molar refractivity (Wildman–Crippen MR) is 94.8 cm³/mol. The van der Waals surface area contributed by atoms with Gasteiger partial charge < -0.3 is 10.1 Å². The number of nitrogens with one attached hydrogen (secondary N) is 1. The number of rotatable bonds is 5. The molecule has 0 aliphatic heterocycles. The second-order valence-electron chi connectivity index (χ2n) is 5.79. The largest absolute Gasteiger partial charge is 0.383 e. The van der Waals surface area contributed by atoms with E-state index < -0.39 is 0 Å². The highest BCUT2D eigenvalue weighted by molar-refractivity contribution is 5.97. The second-order valence-corrected chi connectivity index (χ2v) is 5.79. The summed E-state index contributed by atoms with van der Waals surface area (Å²) < 4.78 is 7.05. The first-order chi connectivity index (χ1) is 11.6. The highest BCUT2D eigenvalue weighted by atomic mass is 16.5. The third-order valence-corrected chi connectivity index (χ3v) is 3.94. The van der Waals surface area contributed by atoms with E-state index >= 15 is 0 Å². The van der Waals surface area contributed by atoms with Crippen molar-refractivity contribution in [1.82, 2.24) is 14.9 Å². The fourth-order valence-corrected chi connectivity index (χ4v) is 2.80. The van der Waals surface area contributed by atoms with Gasteiger partial charge in [0, 0.05) is 24.9 Å². The van der Waals surface area contributed by atoms with Crippen LogP contribution in [-0.4, -0.2) is 35.7 Å². The van der Waals surface area contributed by atoms with Crippen molar-refractivity contribution in [2.75, 3.05) is 20.3 Å². The lowest BCUT2D eigenvalue weighted by atomic mass is 10.1. The van der Waals surface area contributed by atoms with Crippen LogP contribution in [0.4, 0.5) is 0 Å². The fraction of sp³-hybridized carbons (Fsp3) is 0.263. The number of fused-ring (bicyclic) bond motifs is 1. The van der Waals surface area contributed by atoms with Crippen LogP contribution in [0.3, 0.4) is 0 Å². The average Bonchev–Trinajstić information content (AvgIpc) is 2.89. The maximum Gasteiger partial charge on any atom is 0.251 e. The first-order valence-corrected chi connectivity index (χ1v) is 7.93. The SMILES string of the molecule is COCCNC(=O)c1ccc2c(c1)nc(C)n2-c1cccc(C)c1. The Bertz CT molecular complexity index is 883.